The Balaban J connectivity index is 1.58. The first kappa shape index (κ1) is 19.3. The Labute approximate surface area is 166 Å². The molecule has 1 saturated carbocycles. The van der Waals surface area contributed by atoms with Gasteiger partial charge in [0.05, 0.1) is 18.8 Å². The number of cyclic esters (lactones) is 1. The highest BCUT2D eigenvalue weighted by Crippen LogP contribution is 2.39. The molecule has 2 aliphatic heterocycles. The molecule has 2 atom stereocenters. The van der Waals surface area contributed by atoms with E-state index >= 15 is 0 Å². The lowest BCUT2D eigenvalue weighted by atomic mass is 9.74. The number of hydrogen-bond donors (Lipinski definition) is 1. The van der Waals surface area contributed by atoms with Crippen molar-refractivity contribution in [3.63, 3.8) is 0 Å². The summed E-state index contributed by atoms with van der Waals surface area (Å²) in [6.07, 6.45) is -0.678. The standard InChI is InChI=1S/C20H20FN3O5/c1-10(25)22-8-12-9-24(20(28)29-12)11-3-4-13(15(21)7-11)14-5-6-23(2)17-16(14)18(26)19(17)27/h3-4,7,12,17H,5-6,8-9H2,1-2H3,(H,22,25)/t12-,17?/m0/s1. The Hall–Kier alpha value is -3.07. The maximum atomic E-state index is 14.9. The van der Waals surface area contributed by atoms with Crippen LogP contribution in [0.25, 0.3) is 5.57 Å². The molecule has 1 N–H and O–H groups in total. The van der Waals surface area contributed by atoms with Crippen molar-refractivity contribution in [1.82, 2.24) is 10.2 Å². The Morgan fingerprint density at radius 1 is 1.31 bits per heavy atom. The van der Waals surface area contributed by atoms with Crippen LogP contribution in [0.1, 0.15) is 18.9 Å². The van der Waals surface area contributed by atoms with Crippen LogP contribution in [0.15, 0.2) is 23.8 Å². The topological polar surface area (TPSA) is 96.0 Å². The van der Waals surface area contributed by atoms with Gasteiger partial charge in [-0.3, -0.25) is 24.2 Å². The molecule has 1 saturated heterocycles. The highest BCUT2D eigenvalue weighted by atomic mass is 19.1. The van der Waals surface area contributed by atoms with Crippen molar-refractivity contribution in [3.05, 3.63) is 35.2 Å². The number of ketones is 2. The summed E-state index contributed by atoms with van der Waals surface area (Å²) in [6, 6.07) is 3.75. The highest BCUT2D eigenvalue weighted by molar-refractivity contribution is 6.56. The van der Waals surface area contributed by atoms with Crippen LogP contribution in [-0.2, 0) is 19.1 Å². The minimum Gasteiger partial charge on any atom is -0.442 e. The van der Waals surface area contributed by atoms with Gasteiger partial charge in [0, 0.05) is 24.6 Å². The fraction of sp³-hybridized carbons (Fsp3) is 0.400. The Bertz CT molecular complexity index is 973. The fourth-order valence-electron chi connectivity index (χ4n) is 4.00. The van der Waals surface area contributed by atoms with Crippen molar-refractivity contribution in [2.75, 3.05) is 31.6 Å². The van der Waals surface area contributed by atoms with E-state index in [9.17, 15) is 23.6 Å². The van der Waals surface area contributed by atoms with Gasteiger partial charge in [-0.2, -0.15) is 0 Å². The smallest absolute Gasteiger partial charge is 0.414 e. The number of Topliss-reactive ketones (excluding diaryl/α,β-unsaturated/α-hetero) is 2. The number of nitrogens with one attached hydrogen (secondary N) is 1. The third-order valence-corrected chi connectivity index (χ3v) is 5.51. The van der Waals surface area contributed by atoms with Crippen LogP contribution < -0.4 is 10.2 Å². The first-order valence-corrected chi connectivity index (χ1v) is 9.32. The molecule has 3 aliphatic rings. The first-order valence-electron chi connectivity index (χ1n) is 9.32. The number of anilines is 1. The van der Waals surface area contributed by atoms with E-state index in [0.29, 0.717) is 29.8 Å². The second-order valence-electron chi connectivity index (χ2n) is 7.44. The second-order valence-corrected chi connectivity index (χ2v) is 7.44. The number of nitrogens with zero attached hydrogens (tertiary/aromatic N) is 2. The number of likely N-dealkylation sites (N-methyl/N-ethyl adjacent to an activating group) is 1. The molecule has 1 aromatic rings. The van der Waals surface area contributed by atoms with Gasteiger partial charge in [0.1, 0.15) is 18.0 Å². The van der Waals surface area contributed by atoms with Gasteiger partial charge in [-0.25, -0.2) is 9.18 Å². The molecule has 2 amide bonds. The van der Waals surface area contributed by atoms with E-state index in [1.54, 1.807) is 18.0 Å². The maximum Gasteiger partial charge on any atom is 0.414 e. The molecule has 9 heteroatoms. The van der Waals surface area contributed by atoms with Gasteiger partial charge in [0.15, 0.2) is 0 Å². The zero-order valence-corrected chi connectivity index (χ0v) is 16.0. The lowest BCUT2D eigenvalue weighted by molar-refractivity contribution is -0.142. The second kappa shape index (κ2) is 7.07. The molecule has 152 valence electrons. The average Bonchev–Trinajstić information content (AvgIpc) is 3.06. The molecule has 1 aromatic carbocycles. The van der Waals surface area contributed by atoms with E-state index < -0.39 is 35.6 Å². The van der Waals surface area contributed by atoms with Gasteiger partial charge < -0.3 is 10.1 Å². The summed E-state index contributed by atoms with van der Waals surface area (Å²) in [4.78, 5) is 50.1. The van der Waals surface area contributed by atoms with Crippen molar-refractivity contribution < 1.29 is 28.3 Å². The molecular weight excluding hydrogens is 381 g/mol. The number of carbonyl (C=O) groups excluding carboxylic acids is 4. The van der Waals surface area contributed by atoms with Crippen molar-refractivity contribution in [1.29, 1.82) is 0 Å². The van der Waals surface area contributed by atoms with Crippen LogP contribution in [0.4, 0.5) is 14.9 Å². The van der Waals surface area contributed by atoms with Crippen LogP contribution in [0.2, 0.25) is 0 Å². The zero-order chi connectivity index (χ0) is 20.9. The number of fused-ring (bicyclic) bond motifs is 1. The van der Waals surface area contributed by atoms with Gasteiger partial charge in [0.25, 0.3) is 0 Å². The number of carbonyl (C=O) groups is 4. The Kier molecular flexibility index (Phi) is 4.70. The normalized spacial score (nSPS) is 24.4. The SMILES string of the molecule is CC(=O)NC[C@H]1CN(c2ccc(C3=C4C(=O)C(=O)C4N(C)CC3)c(F)c2)C(=O)O1. The molecule has 0 bridgehead atoms. The number of amides is 2. The molecule has 1 aliphatic carbocycles. The van der Waals surface area contributed by atoms with E-state index in [1.165, 1.54) is 24.0 Å². The molecule has 29 heavy (non-hydrogen) atoms. The molecular formula is C20H20FN3O5. The number of ether oxygens (including phenoxy) is 1. The molecule has 2 fully saturated rings. The largest absolute Gasteiger partial charge is 0.442 e. The average molecular weight is 401 g/mol. The maximum absolute atomic E-state index is 14.9. The molecule has 8 nitrogen and oxygen atoms in total. The third-order valence-electron chi connectivity index (χ3n) is 5.51. The Morgan fingerprint density at radius 3 is 2.76 bits per heavy atom. The summed E-state index contributed by atoms with van der Waals surface area (Å²) in [5, 5.41) is 2.58. The minimum absolute atomic E-state index is 0.180. The summed E-state index contributed by atoms with van der Waals surface area (Å²) in [5.41, 5.74) is 1.51. The minimum atomic E-state index is -0.617. The number of hydrogen-bond acceptors (Lipinski definition) is 6. The highest BCUT2D eigenvalue weighted by Gasteiger charge is 2.50. The third kappa shape index (κ3) is 3.21. The van der Waals surface area contributed by atoms with Gasteiger partial charge in [0.2, 0.25) is 17.5 Å². The predicted molar refractivity (Wildman–Crippen MR) is 101 cm³/mol. The van der Waals surface area contributed by atoms with E-state index in [-0.39, 0.29) is 24.6 Å². The molecule has 0 radical (unpaired) electrons. The van der Waals surface area contributed by atoms with Crippen LogP contribution >= 0.6 is 0 Å². The lowest BCUT2D eigenvalue weighted by Gasteiger charge is -2.40. The fourth-order valence-corrected chi connectivity index (χ4v) is 4.00. The number of rotatable bonds is 4. The van der Waals surface area contributed by atoms with Crippen LogP contribution in [0.5, 0.6) is 0 Å². The molecule has 2 heterocycles. The van der Waals surface area contributed by atoms with E-state index in [1.807, 2.05) is 0 Å². The van der Waals surface area contributed by atoms with Crippen molar-refractivity contribution >= 4 is 34.8 Å². The monoisotopic (exact) mass is 401 g/mol. The van der Waals surface area contributed by atoms with Gasteiger partial charge >= 0.3 is 6.09 Å². The predicted octanol–water partition coefficient (Wildman–Crippen LogP) is 0.896. The number of halogens is 1. The van der Waals surface area contributed by atoms with Crippen molar-refractivity contribution in [2.45, 2.75) is 25.5 Å². The van der Waals surface area contributed by atoms with Crippen molar-refractivity contribution in [2.24, 2.45) is 0 Å². The van der Waals surface area contributed by atoms with Gasteiger partial charge in [-0.15, -0.1) is 0 Å². The molecule has 0 spiro atoms. The summed E-state index contributed by atoms with van der Waals surface area (Å²) < 4.78 is 20.1. The van der Waals surface area contributed by atoms with E-state index in [4.69, 9.17) is 4.74 Å². The van der Waals surface area contributed by atoms with Crippen LogP contribution in [0, 0.1) is 5.82 Å². The van der Waals surface area contributed by atoms with Crippen LogP contribution in [0.3, 0.4) is 0 Å². The quantitative estimate of drug-likeness (QED) is 0.753. The van der Waals surface area contributed by atoms with Gasteiger partial charge in [-0.05, 0) is 37.2 Å². The van der Waals surface area contributed by atoms with E-state index in [0.717, 1.165) is 0 Å². The zero-order valence-electron chi connectivity index (χ0n) is 16.0. The van der Waals surface area contributed by atoms with Crippen molar-refractivity contribution in [3.8, 4) is 0 Å². The summed E-state index contributed by atoms with van der Waals surface area (Å²) in [5.74, 6) is -1.81. The first-order chi connectivity index (χ1) is 13.8. The summed E-state index contributed by atoms with van der Waals surface area (Å²) in [6.45, 7) is 2.28. The molecule has 4 rings (SSSR count). The summed E-state index contributed by atoms with van der Waals surface area (Å²) >= 11 is 0. The van der Waals surface area contributed by atoms with E-state index in [2.05, 4.69) is 5.32 Å². The Morgan fingerprint density at radius 2 is 2.07 bits per heavy atom. The lowest BCUT2D eigenvalue weighted by Crippen LogP contribution is -2.57. The summed E-state index contributed by atoms with van der Waals surface area (Å²) in [7, 11) is 1.77. The molecule has 1 unspecified atom stereocenters. The van der Waals surface area contributed by atoms with Gasteiger partial charge in [-0.1, -0.05) is 0 Å². The molecule has 0 aromatic heterocycles. The van der Waals surface area contributed by atoms with Crippen LogP contribution in [-0.4, -0.2) is 67.3 Å². The number of benzene rings is 1.